The van der Waals surface area contributed by atoms with Gasteiger partial charge >= 0.3 is 0 Å². The third kappa shape index (κ3) is 5.23. The number of anilines is 1. The van der Waals surface area contributed by atoms with Gasteiger partial charge in [-0.3, -0.25) is 9.36 Å². The van der Waals surface area contributed by atoms with E-state index in [-0.39, 0.29) is 11.7 Å². The van der Waals surface area contributed by atoms with Crippen molar-refractivity contribution < 1.29 is 14.3 Å². The summed E-state index contributed by atoms with van der Waals surface area (Å²) < 4.78 is 12.5. The van der Waals surface area contributed by atoms with Crippen LogP contribution in [0, 0.1) is 13.8 Å². The van der Waals surface area contributed by atoms with Gasteiger partial charge in [0.15, 0.2) is 11.0 Å². The maximum absolute atomic E-state index is 12.7. The molecule has 0 saturated carbocycles. The Morgan fingerprint density at radius 1 is 0.912 bits per heavy atom. The molecule has 4 rings (SSSR count). The number of rotatable bonds is 8. The standard InChI is InChI=1S/C26H26N4O3S/c1-17-5-14-23(18(2)15-17)27-24(31)16-34-26-29-28-25(19-6-10-21(32-3)11-7-19)30(26)20-8-12-22(33-4)13-9-20/h5-15H,16H2,1-4H3,(H,27,31). The second-order valence-electron chi connectivity index (χ2n) is 7.72. The van der Waals surface area contributed by atoms with E-state index in [1.807, 2.05) is 85.1 Å². The second-order valence-corrected chi connectivity index (χ2v) is 8.67. The number of amides is 1. The summed E-state index contributed by atoms with van der Waals surface area (Å²) in [5.74, 6) is 2.28. The number of nitrogens with one attached hydrogen (secondary N) is 1. The number of methoxy groups -OCH3 is 2. The van der Waals surface area contributed by atoms with Gasteiger partial charge < -0.3 is 14.8 Å². The summed E-state index contributed by atoms with van der Waals surface area (Å²) >= 11 is 1.33. The van der Waals surface area contributed by atoms with Crippen molar-refractivity contribution in [3.63, 3.8) is 0 Å². The largest absolute Gasteiger partial charge is 0.497 e. The van der Waals surface area contributed by atoms with E-state index < -0.39 is 0 Å². The van der Waals surface area contributed by atoms with Crippen molar-refractivity contribution in [1.82, 2.24) is 14.8 Å². The van der Waals surface area contributed by atoms with Crippen LogP contribution in [0.2, 0.25) is 0 Å². The van der Waals surface area contributed by atoms with Crippen LogP contribution >= 0.6 is 11.8 Å². The Kier molecular flexibility index (Phi) is 7.18. The van der Waals surface area contributed by atoms with Gasteiger partial charge in [-0.05, 0) is 74.0 Å². The lowest BCUT2D eigenvalue weighted by atomic mass is 10.1. The zero-order chi connectivity index (χ0) is 24.1. The number of thioether (sulfide) groups is 1. The minimum atomic E-state index is -0.104. The smallest absolute Gasteiger partial charge is 0.234 e. The minimum Gasteiger partial charge on any atom is -0.497 e. The summed E-state index contributed by atoms with van der Waals surface area (Å²) in [5.41, 5.74) is 4.75. The molecular formula is C26H26N4O3S. The molecule has 4 aromatic rings. The van der Waals surface area contributed by atoms with Gasteiger partial charge in [0.25, 0.3) is 0 Å². The van der Waals surface area contributed by atoms with Crippen LogP contribution in [0.25, 0.3) is 17.1 Å². The first-order valence-corrected chi connectivity index (χ1v) is 11.7. The third-order valence-corrected chi connectivity index (χ3v) is 6.23. The van der Waals surface area contributed by atoms with E-state index in [0.29, 0.717) is 11.0 Å². The molecule has 3 aromatic carbocycles. The van der Waals surface area contributed by atoms with Crippen LogP contribution in [0.1, 0.15) is 11.1 Å². The summed E-state index contributed by atoms with van der Waals surface area (Å²) in [6, 6.07) is 21.2. The van der Waals surface area contributed by atoms with E-state index in [4.69, 9.17) is 9.47 Å². The number of hydrogen-bond acceptors (Lipinski definition) is 6. The average Bonchev–Trinajstić information content (AvgIpc) is 3.28. The summed E-state index contributed by atoms with van der Waals surface area (Å²) in [4.78, 5) is 12.7. The average molecular weight is 475 g/mol. The van der Waals surface area contributed by atoms with Gasteiger partial charge in [0.1, 0.15) is 11.5 Å². The Labute approximate surface area is 203 Å². The predicted octanol–water partition coefficient (Wildman–Crippen LogP) is 5.30. The first kappa shape index (κ1) is 23.4. The van der Waals surface area contributed by atoms with Crippen molar-refractivity contribution in [3.8, 4) is 28.6 Å². The molecule has 0 saturated heterocycles. The normalized spacial score (nSPS) is 10.7. The van der Waals surface area contributed by atoms with Crippen molar-refractivity contribution in [2.24, 2.45) is 0 Å². The lowest BCUT2D eigenvalue weighted by Crippen LogP contribution is -2.15. The fraction of sp³-hybridized carbons (Fsp3) is 0.192. The van der Waals surface area contributed by atoms with Gasteiger partial charge in [-0.1, -0.05) is 29.5 Å². The van der Waals surface area contributed by atoms with Gasteiger partial charge in [0.2, 0.25) is 5.91 Å². The van der Waals surface area contributed by atoms with E-state index in [2.05, 4.69) is 15.5 Å². The zero-order valence-electron chi connectivity index (χ0n) is 19.5. The molecule has 0 spiro atoms. The molecule has 0 aliphatic carbocycles. The van der Waals surface area contributed by atoms with Crippen LogP contribution in [0.5, 0.6) is 11.5 Å². The lowest BCUT2D eigenvalue weighted by Gasteiger charge is -2.12. The van der Waals surface area contributed by atoms with Crippen LogP contribution in [0.15, 0.2) is 71.9 Å². The Morgan fingerprint density at radius 3 is 2.18 bits per heavy atom. The van der Waals surface area contributed by atoms with E-state index in [0.717, 1.165) is 39.6 Å². The number of aromatic nitrogens is 3. The van der Waals surface area contributed by atoms with Crippen molar-refractivity contribution in [2.45, 2.75) is 19.0 Å². The molecule has 0 radical (unpaired) electrons. The Bertz CT molecular complexity index is 1280. The fourth-order valence-corrected chi connectivity index (χ4v) is 4.28. The highest BCUT2D eigenvalue weighted by atomic mass is 32.2. The van der Waals surface area contributed by atoms with Crippen LogP contribution in [0.4, 0.5) is 5.69 Å². The van der Waals surface area contributed by atoms with Crippen LogP contribution in [-0.4, -0.2) is 40.6 Å². The summed E-state index contributed by atoms with van der Waals surface area (Å²) in [6.45, 7) is 4.01. The molecule has 0 unspecified atom stereocenters. The predicted molar refractivity (Wildman–Crippen MR) is 135 cm³/mol. The van der Waals surface area contributed by atoms with E-state index in [1.54, 1.807) is 14.2 Å². The highest BCUT2D eigenvalue weighted by Gasteiger charge is 2.18. The Morgan fingerprint density at radius 2 is 1.56 bits per heavy atom. The van der Waals surface area contributed by atoms with Gasteiger partial charge in [0.05, 0.1) is 20.0 Å². The minimum absolute atomic E-state index is 0.104. The number of carbonyl (C=O) groups is 1. The number of hydrogen-bond donors (Lipinski definition) is 1. The monoisotopic (exact) mass is 474 g/mol. The van der Waals surface area contributed by atoms with Crippen molar-refractivity contribution in [1.29, 1.82) is 0 Å². The van der Waals surface area contributed by atoms with Crippen molar-refractivity contribution in [3.05, 3.63) is 77.9 Å². The summed E-state index contributed by atoms with van der Waals surface area (Å²) in [7, 11) is 3.26. The molecule has 1 aromatic heterocycles. The van der Waals surface area contributed by atoms with Gasteiger partial charge in [-0.15, -0.1) is 10.2 Å². The third-order valence-electron chi connectivity index (χ3n) is 5.30. The molecule has 174 valence electrons. The molecule has 0 fully saturated rings. The van der Waals surface area contributed by atoms with Gasteiger partial charge in [0, 0.05) is 16.9 Å². The van der Waals surface area contributed by atoms with E-state index in [1.165, 1.54) is 11.8 Å². The number of ether oxygens (including phenoxy) is 2. The second kappa shape index (κ2) is 10.4. The first-order chi connectivity index (χ1) is 16.5. The summed E-state index contributed by atoms with van der Waals surface area (Å²) in [5, 5.41) is 12.4. The van der Waals surface area contributed by atoms with E-state index >= 15 is 0 Å². The molecule has 0 aliphatic rings. The quantitative estimate of drug-likeness (QED) is 0.349. The first-order valence-electron chi connectivity index (χ1n) is 10.7. The molecule has 0 aliphatic heterocycles. The zero-order valence-corrected chi connectivity index (χ0v) is 20.3. The van der Waals surface area contributed by atoms with Crippen LogP contribution < -0.4 is 14.8 Å². The molecule has 8 heteroatoms. The summed E-state index contributed by atoms with van der Waals surface area (Å²) in [6.07, 6.45) is 0. The van der Waals surface area contributed by atoms with Gasteiger partial charge in [-0.25, -0.2) is 0 Å². The highest BCUT2D eigenvalue weighted by molar-refractivity contribution is 7.99. The topological polar surface area (TPSA) is 78.3 Å². The van der Waals surface area contributed by atoms with Crippen LogP contribution in [-0.2, 0) is 4.79 Å². The Hall–Kier alpha value is -3.78. The molecule has 34 heavy (non-hydrogen) atoms. The SMILES string of the molecule is COc1ccc(-c2nnc(SCC(=O)Nc3ccc(C)cc3C)n2-c2ccc(OC)cc2)cc1. The molecule has 1 N–H and O–H groups in total. The fourth-order valence-electron chi connectivity index (χ4n) is 3.52. The maximum atomic E-state index is 12.7. The number of nitrogens with zero attached hydrogens (tertiary/aromatic N) is 3. The molecule has 7 nitrogen and oxygen atoms in total. The lowest BCUT2D eigenvalue weighted by molar-refractivity contribution is -0.113. The molecule has 0 bridgehead atoms. The van der Waals surface area contributed by atoms with Crippen LogP contribution in [0.3, 0.4) is 0 Å². The number of aryl methyl sites for hydroxylation is 2. The molecule has 1 heterocycles. The number of carbonyl (C=O) groups excluding carboxylic acids is 1. The molecule has 0 atom stereocenters. The highest BCUT2D eigenvalue weighted by Crippen LogP contribution is 2.30. The molecular weight excluding hydrogens is 448 g/mol. The maximum Gasteiger partial charge on any atom is 0.234 e. The van der Waals surface area contributed by atoms with E-state index in [9.17, 15) is 4.79 Å². The van der Waals surface area contributed by atoms with Gasteiger partial charge in [-0.2, -0.15) is 0 Å². The molecule has 1 amide bonds. The Balaban J connectivity index is 1.60. The number of benzene rings is 3. The van der Waals surface area contributed by atoms with Crippen molar-refractivity contribution in [2.75, 3.05) is 25.3 Å². The van der Waals surface area contributed by atoms with Crippen molar-refractivity contribution >= 4 is 23.4 Å².